The maximum Gasteiger partial charge on any atom is 0.552 e. The van der Waals surface area contributed by atoms with Gasteiger partial charge >= 0.3 is 13.1 Å². The van der Waals surface area contributed by atoms with Crippen LogP contribution in [0.3, 0.4) is 0 Å². The van der Waals surface area contributed by atoms with E-state index in [-0.39, 0.29) is 12.0 Å². The van der Waals surface area contributed by atoms with Crippen molar-refractivity contribution in [3.8, 4) is 5.75 Å². The molecule has 2 fully saturated rings. The fraction of sp³-hybridized carbons (Fsp3) is 0.412. The summed E-state index contributed by atoms with van der Waals surface area (Å²) in [5, 5.41) is 13.7. The van der Waals surface area contributed by atoms with E-state index in [9.17, 15) is 18.6 Å². The molecule has 140 valence electrons. The Bertz CT molecular complexity index is 949. The normalized spacial score (nSPS) is 25.8. The highest BCUT2D eigenvalue weighted by atomic mass is 19.3. The van der Waals surface area contributed by atoms with E-state index in [2.05, 4.69) is 15.3 Å². The number of allylic oxidation sites excluding steroid dienone is 1. The molecule has 0 unspecified atom stereocenters. The molecule has 3 aliphatic rings. The van der Waals surface area contributed by atoms with Crippen LogP contribution in [0.15, 0.2) is 24.4 Å². The minimum absolute atomic E-state index is 0.0652. The number of amides is 2. The first-order valence-corrected chi connectivity index (χ1v) is 8.86. The van der Waals surface area contributed by atoms with Crippen molar-refractivity contribution in [3.05, 3.63) is 30.0 Å². The highest BCUT2D eigenvalue weighted by Crippen LogP contribution is 2.46. The highest BCUT2D eigenvalue weighted by molar-refractivity contribution is 6.52. The predicted molar refractivity (Wildman–Crippen MR) is 94.2 cm³/mol. The Morgan fingerprint density at radius 2 is 2.22 bits per heavy atom. The number of nitrogens with zero attached hydrogens (tertiary/aromatic N) is 2. The van der Waals surface area contributed by atoms with Crippen molar-refractivity contribution >= 4 is 29.8 Å². The van der Waals surface area contributed by atoms with Crippen LogP contribution in [-0.2, 0) is 0 Å². The van der Waals surface area contributed by atoms with Gasteiger partial charge in [-0.2, -0.15) is 0 Å². The van der Waals surface area contributed by atoms with Gasteiger partial charge in [0, 0.05) is 23.2 Å². The number of aromatic amines is 1. The lowest BCUT2D eigenvalue weighted by Gasteiger charge is -2.43. The zero-order chi connectivity index (χ0) is 18.8. The molecular formula is C17H17BF2N4O3. The molecule has 1 aliphatic carbocycles. The van der Waals surface area contributed by atoms with Gasteiger partial charge in [0.1, 0.15) is 11.4 Å². The van der Waals surface area contributed by atoms with Crippen molar-refractivity contribution in [2.24, 2.45) is 5.92 Å². The molecular weight excluding hydrogens is 357 g/mol. The fourth-order valence-corrected chi connectivity index (χ4v) is 4.03. The fourth-order valence-electron chi connectivity index (χ4n) is 4.03. The molecule has 5 rings (SSSR count). The van der Waals surface area contributed by atoms with Crippen molar-refractivity contribution < 1.29 is 23.3 Å². The van der Waals surface area contributed by atoms with Crippen molar-refractivity contribution in [3.63, 3.8) is 0 Å². The number of urea groups is 1. The van der Waals surface area contributed by atoms with Gasteiger partial charge in [-0.15, -0.1) is 0 Å². The number of halogens is 2. The SMILES string of the molecule is O=C(NC1CC(C2=CB(O)Oc3cnc4[nH]ccc4c32)C1)N1CC(F)(F)C1. The van der Waals surface area contributed by atoms with Crippen LogP contribution in [-0.4, -0.2) is 58.1 Å². The number of pyridine rings is 1. The summed E-state index contributed by atoms with van der Waals surface area (Å²) >= 11 is 0. The van der Waals surface area contributed by atoms with E-state index in [0.29, 0.717) is 18.6 Å². The topological polar surface area (TPSA) is 90.5 Å². The number of hydrogen-bond acceptors (Lipinski definition) is 4. The third kappa shape index (κ3) is 2.75. The second-order valence-corrected chi connectivity index (χ2v) is 7.39. The summed E-state index contributed by atoms with van der Waals surface area (Å²) in [5.41, 5.74) is 2.61. The van der Waals surface area contributed by atoms with E-state index < -0.39 is 32.2 Å². The van der Waals surface area contributed by atoms with Gasteiger partial charge in [0.25, 0.3) is 5.92 Å². The van der Waals surface area contributed by atoms with Gasteiger partial charge in [-0.05, 0) is 36.4 Å². The van der Waals surface area contributed by atoms with Crippen molar-refractivity contribution in [2.75, 3.05) is 13.1 Å². The maximum atomic E-state index is 12.9. The van der Waals surface area contributed by atoms with Gasteiger partial charge in [-0.25, -0.2) is 18.6 Å². The Morgan fingerprint density at radius 3 is 2.96 bits per heavy atom. The Kier molecular flexibility index (Phi) is 3.49. The molecule has 27 heavy (non-hydrogen) atoms. The number of aromatic nitrogens is 2. The third-order valence-electron chi connectivity index (χ3n) is 5.45. The zero-order valence-electron chi connectivity index (χ0n) is 14.3. The first-order valence-electron chi connectivity index (χ1n) is 8.86. The summed E-state index contributed by atoms with van der Waals surface area (Å²) in [4.78, 5) is 20.5. The number of nitrogens with one attached hydrogen (secondary N) is 2. The first-order chi connectivity index (χ1) is 12.9. The molecule has 1 saturated heterocycles. The molecule has 2 amide bonds. The van der Waals surface area contributed by atoms with Crippen molar-refractivity contribution in [1.29, 1.82) is 0 Å². The molecule has 0 bridgehead atoms. The van der Waals surface area contributed by atoms with Crippen molar-refractivity contribution in [1.82, 2.24) is 20.2 Å². The Hall–Kier alpha value is -2.62. The predicted octanol–water partition coefficient (Wildman–Crippen LogP) is 1.80. The lowest BCUT2D eigenvalue weighted by Crippen LogP contribution is -2.62. The molecule has 0 atom stereocenters. The van der Waals surface area contributed by atoms with Gasteiger partial charge in [-0.3, -0.25) is 0 Å². The first kappa shape index (κ1) is 16.6. The Balaban J connectivity index is 1.30. The van der Waals surface area contributed by atoms with E-state index >= 15 is 0 Å². The van der Waals surface area contributed by atoms with Crippen LogP contribution in [0.5, 0.6) is 5.75 Å². The van der Waals surface area contributed by atoms with Crippen LogP contribution in [0.4, 0.5) is 13.6 Å². The molecule has 4 heterocycles. The van der Waals surface area contributed by atoms with Crippen LogP contribution < -0.4 is 9.97 Å². The molecule has 1 saturated carbocycles. The number of carbonyl (C=O) groups is 1. The van der Waals surface area contributed by atoms with Gasteiger partial charge in [0.15, 0.2) is 0 Å². The minimum Gasteiger partial charge on any atom is -0.531 e. The molecule has 0 spiro atoms. The standard InChI is InChI=1S/C17H17BF2N4O3/c19-17(20)7-24(8-17)16(25)23-10-3-9(4-10)12-5-18(26)27-13-6-22-15-11(14(12)13)1-2-21-15/h1-2,5-6,9-10,26H,3-4,7-8H2,(H,21,22)(H,23,25). The maximum absolute atomic E-state index is 12.9. The number of likely N-dealkylation sites (tertiary alicyclic amines) is 1. The van der Waals surface area contributed by atoms with Crippen LogP contribution in [0.2, 0.25) is 0 Å². The quantitative estimate of drug-likeness (QED) is 0.700. The summed E-state index contributed by atoms with van der Waals surface area (Å²) in [6.07, 6.45) is 4.75. The van der Waals surface area contributed by atoms with Gasteiger partial charge < -0.3 is 24.9 Å². The van der Waals surface area contributed by atoms with E-state index in [1.807, 2.05) is 6.07 Å². The monoisotopic (exact) mass is 374 g/mol. The summed E-state index contributed by atoms with van der Waals surface area (Å²) in [7, 11) is -1.04. The third-order valence-corrected chi connectivity index (χ3v) is 5.45. The largest absolute Gasteiger partial charge is 0.552 e. The second kappa shape index (κ2) is 5.69. The highest BCUT2D eigenvalue weighted by Gasteiger charge is 2.47. The van der Waals surface area contributed by atoms with E-state index in [0.717, 1.165) is 27.1 Å². The smallest absolute Gasteiger partial charge is 0.531 e. The zero-order valence-corrected chi connectivity index (χ0v) is 14.3. The summed E-state index contributed by atoms with van der Waals surface area (Å²) in [6, 6.07) is 1.41. The lowest BCUT2D eigenvalue weighted by atomic mass is 9.68. The van der Waals surface area contributed by atoms with Gasteiger partial charge in [0.05, 0.1) is 19.3 Å². The van der Waals surface area contributed by atoms with Crippen LogP contribution in [0.1, 0.15) is 18.4 Å². The number of H-pyrrole nitrogens is 1. The Labute approximate surface area is 153 Å². The van der Waals surface area contributed by atoms with Crippen LogP contribution >= 0.6 is 0 Å². The molecule has 2 aromatic rings. The van der Waals surface area contributed by atoms with E-state index in [1.54, 1.807) is 18.4 Å². The van der Waals surface area contributed by atoms with Crippen molar-refractivity contribution in [2.45, 2.75) is 24.8 Å². The molecule has 10 heteroatoms. The second-order valence-electron chi connectivity index (χ2n) is 7.39. The molecule has 3 N–H and O–H groups in total. The molecule has 0 aromatic carbocycles. The summed E-state index contributed by atoms with van der Waals surface area (Å²) < 4.78 is 31.3. The lowest BCUT2D eigenvalue weighted by molar-refractivity contribution is -0.110. The summed E-state index contributed by atoms with van der Waals surface area (Å²) in [6.45, 7) is -1.04. The van der Waals surface area contributed by atoms with E-state index in [4.69, 9.17) is 4.65 Å². The van der Waals surface area contributed by atoms with Crippen LogP contribution in [0.25, 0.3) is 16.6 Å². The molecule has 0 radical (unpaired) electrons. The number of fused-ring (bicyclic) bond motifs is 3. The summed E-state index contributed by atoms with van der Waals surface area (Å²) in [5.74, 6) is -0.399. The van der Waals surface area contributed by atoms with Gasteiger partial charge in [0.2, 0.25) is 0 Å². The number of hydrogen-bond donors (Lipinski definition) is 3. The molecule has 7 nitrogen and oxygen atoms in total. The molecule has 2 aliphatic heterocycles. The average molecular weight is 374 g/mol. The Morgan fingerprint density at radius 1 is 1.44 bits per heavy atom. The van der Waals surface area contributed by atoms with Crippen LogP contribution in [0, 0.1) is 5.92 Å². The average Bonchev–Trinajstić information content (AvgIpc) is 3.03. The number of alkyl halides is 2. The van der Waals surface area contributed by atoms with E-state index in [1.165, 1.54) is 0 Å². The number of rotatable bonds is 2. The number of carbonyl (C=O) groups excluding carboxylic acids is 1. The minimum atomic E-state index is -2.76. The van der Waals surface area contributed by atoms with Gasteiger partial charge in [-0.1, -0.05) is 0 Å². The molecule has 2 aromatic heterocycles.